The molecule has 5 heteroatoms. The second kappa shape index (κ2) is 9.75. The van der Waals surface area contributed by atoms with Gasteiger partial charge in [-0.1, -0.05) is 89.9 Å². The van der Waals surface area contributed by atoms with Crippen molar-refractivity contribution in [2.24, 2.45) is 0 Å². The molecule has 2 N–H and O–H groups in total. The maximum absolute atomic E-state index is 6.07. The number of nitrogens with one attached hydrogen (secondary N) is 2. The van der Waals surface area contributed by atoms with E-state index in [0.717, 1.165) is 23.1 Å². The molecule has 0 aliphatic heterocycles. The van der Waals surface area contributed by atoms with E-state index < -0.39 is 0 Å². The van der Waals surface area contributed by atoms with Gasteiger partial charge in [-0.2, -0.15) is 0 Å². The molecular formula is C22H20Cl2N2S. The van der Waals surface area contributed by atoms with Crippen LogP contribution in [0.4, 0.5) is 0 Å². The van der Waals surface area contributed by atoms with E-state index in [2.05, 4.69) is 34.9 Å². The summed E-state index contributed by atoms with van der Waals surface area (Å²) in [7, 11) is 0. The summed E-state index contributed by atoms with van der Waals surface area (Å²) >= 11 is 17.6. The Morgan fingerprint density at radius 1 is 0.815 bits per heavy atom. The van der Waals surface area contributed by atoms with Gasteiger partial charge in [0.15, 0.2) is 5.11 Å². The van der Waals surface area contributed by atoms with E-state index >= 15 is 0 Å². The van der Waals surface area contributed by atoms with E-state index in [0.29, 0.717) is 21.7 Å². The van der Waals surface area contributed by atoms with Gasteiger partial charge in [0, 0.05) is 6.54 Å². The Morgan fingerprint density at radius 3 is 1.96 bits per heavy atom. The van der Waals surface area contributed by atoms with E-state index in [-0.39, 0.29) is 6.04 Å². The van der Waals surface area contributed by atoms with Gasteiger partial charge in [-0.05, 0) is 47.5 Å². The fourth-order valence-electron chi connectivity index (χ4n) is 2.85. The lowest BCUT2D eigenvalue weighted by molar-refractivity contribution is 0.733. The largest absolute Gasteiger partial charge is 0.362 e. The molecule has 0 spiro atoms. The lowest BCUT2D eigenvalue weighted by Gasteiger charge is -2.22. The normalized spacial score (nSPS) is 10.6. The first-order valence-corrected chi connectivity index (χ1v) is 9.88. The van der Waals surface area contributed by atoms with Crippen LogP contribution < -0.4 is 10.6 Å². The molecule has 0 saturated carbocycles. The SMILES string of the molecule is S=C(NCCc1ccc(Cl)c(Cl)c1)NC(c1ccccc1)c1ccccc1. The fraction of sp³-hybridized carbons (Fsp3) is 0.136. The maximum atomic E-state index is 6.07. The molecule has 138 valence electrons. The molecule has 0 unspecified atom stereocenters. The first-order chi connectivity index (χ1) is 13.1. The number of hydrogen-bond donors (Lipinski definition) is 2. The van der Waals surface area contributed by atoms with Crippen LogP contribution in [0.2, 0.25) is 10.0 Å². The Morgan fingerprint density at radius 2 is 1.41 bits per heavy atom. The van der Waals surface area contributed by atoms with Gasteiger partial charge in [-0.25, -0.2) is 0 Å². The molecule has 0 radical (unpaired) electrons. The molecule has 0 fully saturated rings. The quantitative estimate of drug-likeness (QED) is 0.499. The van der Waals surface area contributed by atoms with Crippen molar-refractivity contribution >= 4 is 40.5 Å². The molecule has 3 rings (SSSR count). The van der Waals surface area contributed by atoms with Crippen LogP contribution in [0, 0.1) is 0 Å². The van der Waals surface area contributed by atoms with E-state index in [1.165, 1.54) is 0 Å². The van der Waals surface area contributed by atoms with Gasteiger partial charge in [-0.3, -0.25) is 0 Å². The number of hydrogen-bond acceptors (Lipinski definition) is 1. The molecule has 3 aromatic rings. The molecule has 0 amide bonds. The molecule has 27 heavy (non-hydrogen) atoms. The fourth-order valence-corrected chi connectivity index (χ4v) is 3.39. The molecule has 0 aliphatic carbocycles. The predicted molar refractivity (Wildman–Crippen MR) is 119 cm³/mol. The highest BCUT2D eigenvalue weighted by Crippen LogP contribution is 2.23. The molecule has 0 heterocycles. The van der Waals surface area contributed by atoms with Crippen molar-refractivity contribution in [2.75, 3.05) is 6.54 Å². The van der Waals surface area contributed by atoms with Crippen LogP contribution in [0.5, 0.6) is 0 Å². The second-order valence-corrected chi connectivity index (χ2v) is 7.38. The Labute approximate surface area is 175 Å². The van der Waals surface area contributed by atoms with Gasteiger partial charge < -0.3 is 10.6 Å². The first kappa shape index (κ1) is 19.7. The molecule has 3 aromatic carbocycles. The molecule has 2 nitrogen and oxygen atoms in total. The summed E-state index contributed by atoms with van der Waals surface area (Å²) in [5.74, 6) is 0. The van der Waals surface area contributed by atoms with Crippen molar-refractivity contribution in [3.8, 4) is 0 Å². The minimum Gasteiger partial charge on any atom is -0.362 e. The third-order valence-electron chi connectivity index (χ3n) is 4.22. The summed E-state index contributed by atoms with van der Waals surface area (Å²) in [6, 6.07) is 26.2. The number of benzene rings is 3. The molecule has 0 atom stereocenters. The van der Waals surface area contributed by atoms with Crippen LogP contribution in [-0.4, -0.2) is 11.7 Å². The van der Waals surface area contributed by atoms with Crippen LogP contribution in [0.25, 0.3) is 0 Å². The van der Waals surface area contributed by atoms with Crippen molar-refractivity contribution < 1.29 is 0 Å². The summed E-state index contributed by atoms with van der Waals surface area (Å²) in [6.45, 7) is 0.708. The lowest BCUT2D eigenvalue weighted by atomic mass is 9.99. The zero-order chi connectivity index (χ0) is 19.1. The van der Waals surface area contributed by atoms with Gasteiger partial charge >= 0.3 is 0 Å². The summed E-state index contributed by atoms with van der Waals surface area (Å²) in [4.78, 5) is 0. The standard InChI is InChI=1S/C22H20Cl2N2S/c23-19-12-11-16(15-20(19)24)13-14-25-22(27)26-21(17-7-3-1-4-8-17)18-9-5-2-6-10-18/h1-12,15,21H,13-14H2,(H2,25,26,27). The van der Waals surface area contributed by atoms with E-state index in [9.17, 15) is 0 Å². The summed E-state index contributed by atoms with van der Waals surface area (Å²) in [6.07, 6.45) is 0.806. The van der Waals surface area contributed by atoms with Gasteiger partial charge in [0.2, 0.25) is 0 Å². The summed E-state index contributed by atoms with van der Waals surface area (Å²) in [5, 5.41) is 8.47. The van der Waals surface area contributed by atoms with Crippen LogP contribution in [0.3, 0.4) is 0 Å². The third kappa shape index (κ3) is 5.70. The molecule has 0 saturated heterocycles. The molecular weight excluding hydrogens is 395 g/mol. The van der Waals surface area contributed by atoms with Crippen LogP contribution in [-0.2, 0) is 6.42 Å². The zero-order valence-electron chi connectivity index (χ0n) is 14.7. The highest BCUT2D eigenvalue weighted by Gasteiger charge is 2.14. The Hall–Kier alpha value is -2.07. The van der Waals surface area contributed by atoms with Crippen molar-refractivity contribution in [2.45, 2.75) is 12.5 Å². The average Bonchev–Trinajstić information content (AvgIpc) is 2.70. The Balaban J connectivity index is 1.62. The summed E-state index contributed by atoms with van der Waals surface area (Å²) in [5.41, 5.74) is 3.44. The average molecular weight is 415 g/mol. The number of rotatable bonds is 6. The van der Waals surface area contributed by atoms with E-state index in [1.807, 2.05) is 54.6 Å². The number of thiocarbonyl (C=S) groups is 1. The smallest absolute Gasteiger partial charge is 0.167 e. The van der Waals surface area contributed by atoms with Crippen LogP contribution >= 0.6 is 35.4 Å². The minimum absolute atomic E-state index is 0.00243. The van der Waals surface area contributed by atoms with Crippen molar-refractivity contribution in [1.82, 2.24) is 10.6 Å². The van der Waals surface area contributed by atoms with Gasteiger partial charge in [0.25, 0.3) is 0 Å². The predicted octanol–water partition coefficient (Wildman–Crippen LogP) is 5.79. The third-order valence-corrected chi connectivity index (χ3v) is 5.23. The lowest BCUT2D eigenvalue weighted by Crippen LogP contribution is -2.39. The Kier molecular flexibility index (Phi) is 7.11. The van der Waals surface area contributed by atoms with Gasteiger partial charge in [0.05, 0.1) is 16.1 Å². The zero-order valence-corrected chi connectivity index (χ0v) is 17.0. The van der Waals surface area contributed by atoms with E-state index in [1.54, 1.807) is 0 Å². The molecule has 0 aromatic heterocycles. The Bertz CT molecular complexity index is 846. The maximum Gasteiger partial charge on any atom is 0.167 e. The van der Waals surface area contributed by atoms with E-state index in [4.69, 9.17) is 35.4 Å². The minimum atomic E-state index is -0.00243. The second-order valence-electron chi connectivity index (χ2n) is 6.15. The van der Waals surface area contributed by atoms with Crippen molar-refractivity contribution in [3.05, 3.63) is 106 Å². The van der Waals surface area contributed by atoms with Gasteiger partial charge in [-0.15, -0.1) is 0 Å². The van der Waals surface area contributed by atoms with Crippen molar-refractivity contribution in [1.29, 1.82) is 0 Å². The van der Waals surface area contributed by atoms with Crippen LogP contribution in [0.15, 0.2) is 78.9 Å². The highest BCUT2D eigenvalue weighted by molar-refractivity contribution is 7.80. The van der Waals surface area contributed by atoms with Crippen molar-refractivity contribution in [3.63, 3.8) is 0 Å². The monoisotopic (exact) mass is 414 g/mol. The summed E-state index contributed by atoms with van der Waals surface area (Å²) < 4.78 is 0. The first-order valence-electron chi connectivity index (χ1n) is 8.71. The number of halogens is 2. The highest BCUT2D eigenvalue weighted by atomic mass is 35.5. The molecule has 0 bridgehead atoms. The molecule has 0 aliphatic rings. The van der Waals surface area contributed by atoms with Crippen LogP contribution in [0.1, 0.15) is 22.7 Å². The topological polar surface area (TPSA) is 24.1 Å². The van der Waals surface area contributed by atoms with Gasteiger partial charge in [0.1, 0.15) is 0 Å².